The molecule has 29 heavy (non-hydrogen) atoms. The van der Waals surface area contributed by atoms with Crippen LogP contribution in [-0.4, -0.2) is 43.4 Å². The highest BCUT2D eigenvalue weighted by Gasteiger charge is 2.15. The van der Waals surface area contributed by atoms with Gasteiger partial charge in [0.25, 0.3) is 5.91 Å². The van der Waals surface area contributed by atoms with E-state index in [1.807, 2.05) is 0 Å². The lowest BCUT2D eigenvalue weighted by atomic mass is 10.1. The van der Waals surface area contributed by atoms with Crippen LogP contribution in [0.2, 0.25) is 0 Å². The molecule has 0 aliphatic heterocycles. The van der Waals surface area contributed by atoms with Gasteiger partial charge in [-0.25, -0.2) is 9.59 Å². The molecule has 0 saturated heterocycles. The quantitative estimate of drug-likeness (QED) is 0.510. The van der Waals surface area contributed by atoms with E-state index in [1.165, 1.54) is 13.0 Å². The Morgan fingerprint density at radius 3 is 2.24 bits per heavy atom. The Balaban J connectivity index is 1.81. The molecule has 8 nitrogen and oxygen atoms in total. The Morgan fingerprint density at radius 2 is 1.59 bits per heavy atom. The molecule has 0 aliphatic rings. The van der Waals surface area contributed by atoms with Gasteiger partial charge in [0.15, 0.2) is 19.0 Å². The molecule has 0 aromatic heterocycles. The van der Waals surface area contributed by atoms with Gasteiger partial charge in [-0.1, -0.05) is 12.1 Å². The SMILES string of the molecule is CCOC(=O)c1ccccc1NC(=O)COC(=O)COc1ccc(C(C)=O)cc1. The molecule has 0 heterocycles. The Hall–Kier alpha value is -3.68. The summed E-state index contributed by atoms with van der Waals surface area (Å²) in [6, 6.07) is 12.6. The maximum Gasteiger partial charge on any atom is 0.344 e. The average Bonchev–Trinajstić information content (AvgIpc) is 2.71. The fourth-order valence-electron chi connectivity index (χ4n) is 2.28. The first-order valence-electron chi connectivity index (χ1n) is 8.86. The number of ketones is 1. The fraction of sp³-hybridized carbons (Fsp3) is 0.238. The van der Waals surface area contributed by atoms with Crippen LogP contribution in [0, 0.1) is 0 Å². The highest BCUT2D eigenvalue weighted by atomic mass is 16.6. The largest absolute Gasteiger partial charge is 0.482 e. The second-order valence-corrected chi connectivity index (χ2v) is 5.84. The zero-order chi connectivity index (χ0) is 21.2. The molecule has 2 rings (SSSR count). The fourth-order valence-corrected chi connectivity index (χ4v) is 2.28. The number of Topliss-reactive ketones (excluding diaryl/α,β-unsaturated/α-hetero) is 1. The molecule has 2 aromatic rings. The molecular weight excluding hydrogens is 378 g/mol. The van der Waals surface area contributed by atoms with Crippen LogP contribution in [0.3, 0.4) is 0 Å². The summed E-state index contributed by atoms with van der Waals surface area (Å²) in [5.74, 6) is -1.61. The smallest absolute Gasteiger partial charge is 0.344 e. The van der Waals surface area contributed by atoms with Gasteiger partial charge in [-0.05, 0) is 50.2 Å². The minimum absolute atomic E-state index is 0.0773. The van der Waals surface area contributed by atoms with Crippen LogP contribution in [-0.2, 0) is 19.1 Å². The van der Waals surface area contributed by atoms with Crippen LogP contribution < -0.4 is 10.1 Å². The third-order valence-electron chi connectivity index (χ3n) is 3.68. The molecular formula is C21H21NO7. The van der Waals surface area contributed by atoms with Crippen molar-refractivity contribution in [3.05, 3.63) is 59.7 Å². The van der Waals surface area contributed by atoms with E-state index in [0.717, 1.165) is 0 Å². The number of para-hydroxylation sites is 1. The predicted molar refractivity (Wildman–Crippen MR) is 104 cm³/mol. The van der Waals surface area contributed by atoms with Crippen LogP contribution in [0.15, 0.2) is 48.5 Å². The maximum absolute atomic E-state index is 12.0. The molecule has 0 saturated carbocycles. The van der Waals surface area contributed by atoms with Crippen molar-refractivity contribution in [3.63, 3.8) is 0 Å². The topological polar surface area (TPSA) is 108 Å². The minimum atomic E-state index is -0.741. The number of carbonyl (C=O) groups is 4. The van der Waals surface area contributed by atoms with Gasteiger partial charge in [0, 0.05) is 5.56 Å². The van der Waals surface area contributed by atoms with Crippen molar-refractivity contribution in [1.29, 1.82) is 0 Å². The van der Waals surface area contributed by atoms with E-state index in [2.05, 4.69) is 5.32 Å². The molecule has 1 amide bonds. The van der Waals surface area contributed by atoms with Crippen LogP contribution in [0.25, 0.3) is 0 Å². The summed E-state index contributed by atoms with van der Waals surface area (Å²) >= 11 is 0. The van der Waals surface area contributed by atoms with E-state index in [9.17, 15) is 19.2 Å². The second kappa shape index (κ2) is 10.6. The molecule has 0 radical (unpaired) electrons. The third-order valence-corrected chi connectivity index (χ3v) is 3.68. The van der Waals surface area contributed by atoms with Crippen molar-refractivity contribution in [3.8, 4) is 5.75 Å². The van der Waals surface area contributed by atoms with Crippen molar-refractivity contribution < 1.29 is 33.4 Å². The van der Waals surface area contributed by atoms with E-state index < -0.39 is 31.1 Å². The third kappa shape index (κ3) is 6.76. The molecule has 0 unspecified atom stereocenters. The van der Waals surface area contributed by atoms with Gasteiger partial charge in [-0.3, -0.25) is 9.59 Å². The summed E-state index contributed by atoms with van der Waals surface area (Å²) in [5.41, 5.74) is 0.986. The number of ether oxygens (including phenoxy) is 3. The molecule has 0 atom stereocenters. The van der Waals surface area contributed by atoms with Gasteiger partial charge >= 0.3 is 11.9 Å². The number of amides is 1. The summed E-state index contributed by atoms with van der Waals surface area (Å²) in [4.78, 5) is 46.9. The van der Waals surface area contributed by atoms with Gasteiger partial charge in [-0.2, -0.15) is 0 Å². The van der Waals surface area contributed by atoms with Crippen LogP contribution in [0.4, 0.5) is 5.69 Å². The summed E-state index contributed by atoms with van der Waals surface area (Å²) in [7, 11) is 0. The van der Waals surface area contributed by atoms with Crippen molar-refractivity contribution in [2.45, 2.75) is 13.8 Å². The van der Waals surface area contributed by atoms with Crippen molar-refractivity contribution >= 4 is 29.3 Å². The Morgan fingerprint density at radius 1 is 0.897 bits per heavy atom. The van der Waals surface area contributed by atoms with Gasteiger partial charge in [0.2, 0.25) is 0 Å². The summed E-state index contributed by atoms with van der Waals surface area (Å²) in [6.45, 7) is 2.40. The number of benzene rings is 2. The summed E-state index contributed by atoms with van der Waals surface area (Å²) in [5, 5.41) is 2.51. The number of anilines is 1. The molecule has 2 aromatic carbocycles. The molecule has 1 N–H and O–H groups in total. The number of esters is 2. The Labute approximate surface area is 167 Å². The monoisotopic (exact) mass is 399 g/mol. The first-order valence-corrected chi connectivity index (χ1v) is 8.86. The van der Waals surface area contributed by atoms with E-state index >= 15 is 0 Å². The van der Waals surface area contributed by atoms with Crippen LogP contribution >= 0.6 is 0 Å². The van der Waals surface area contributed by atoms with Crippen LogP contribution in [0.1, 0.15) is 34.6 Å². The Bertz CT molecular complexity index is 890. The van der Waals surface area contributed by atoms with Crippen LogP contribution in [0.5, 0.6) is 5.75 Å². The molecule has 0 spiro atoms. The number of nitrogens with one attached hydrogen (secondary N) is 1. The van der Waals surface area contributed by atoms with Gasteiger partial charge in [0.1, 0.15) is 5.75 Å². The lowest BCUT2D eigenvalue weighted by Gasteiger charge is -2.11. The molecule has 152 valence electrons. The number of rotatable bonds is 9. The van der Waals surface area contributed by atoms with E-state index in [0.29, 0.717) is 11.3 Å². The standard InChI is InChI=1S/C21H21NO7/c1-3-27-21(26)17-6-4-5-7-18(17)22-19(24)12-29-20(25)13-28-16-10-8-15(9-11-16)14(2)23/h4-11H,3,12-13H2,1-2H3,(H,22,24). The number of hydrogen-bond acceptors (Lipinski definition) is 7. The first kappa shape index (κ1) is 21.6. The lowest BCUT2D eigenvalue weighted by molar-refractivity contribution is -0.149. The number of hydrogen-bond donors (Lipinski definition) is 1. The molecule has 8 heteroatoms. The van der Waals surface area contributed by atoms with E-state index in [1.54, 1.807) is 49.4 Å². The zero-order valence-electron chi connectivity index (χ0n) is 16.1. The summed E-state index contributed by atoms with van der Waals surface area (Å²) in [6.07, 6.45) is 0. The van der Waals surface area contributed by atoms with Crippen molar-refractivity contribution in [2.24, 2.45) is 0 Å². The van der Waals surface area contributed by atoms with Gasteiger partial charge in [-0.15, -0.1) is 0 Å². The van der Waals surface area contributed by atoms with Crippen molar-refractivity contribution in [2.75, 3.05) is 25.1 Å². The Kier molecular flexibility index (Phi) is 7.90. The molecule has 0 fully saturated rings. The first-order chi connectivity index (χ1) is 13.9. The highest BCUT2D eigenvalue weighted by molar-refractivity contribution is 6.01. The maximum atomic E-state index is 12.0. The average molecular weight is 399 g/mol. The second-order valence-electron chi connectivity index (χ2n) is 5.84. The van der Waals surface area contributed by atoms with Crippen molar-refractivity contribution in [1.82, 2.24) is 0 Å². The number of carbonyl (C=O) groups excluding carboxylic acids is 4. The molecule has 0 aliphatic carbocycles. The van der Waals surface area contributed by atoms with Gasteiger partial charge < -0.3 is 19.5 Å². The summed E-state index contributed by atoms with van der Waals surface area (Å²) < 4.78 is 15.0. The predicted octanol–water partition coefficient (Wildman–Crippen LogP) is 2.63. The highest BCUT2D eigenvalue weighted by Crippen LogP contribution is 2.16. The minimum Gasteiger partial charge on any atom is -0.482 e. The lowest BCUT2D eigenvalue weighted by Crippen LogP contribution is -2.24. The van der Waals surface area contributed by atoms with E-state index in [-0.39, 0.29) is 23.6 Å². The normalized spacial score (nSPS) is 10.0. The van der Waals surface area contributed by atoms with E-state index in [4.69, 9.17) is 14.2 Å². The molecule has 0 bridgehead atoms. The zero-order valence-corrected chi connectivity index (χ0v) is 16.1. The van der Waals surface area contributed by atoms with Gasteiger partial charge in [0.05, 0.1) is 17.9 Å².